The molecule has 50 heavy (non-hydrogen) atoms. The molecule has 1 aromatic heterocycles. The number of hydrogen-bond acceptors (Lipinski definition) is 2. The van der Waals surface area contributed by atoms with Gasteiger partial charge in [-0.3, -0.25) is 0 Å². The highest BCUT2D eigenvalue weighted by atomic mass is 16.3. The molecule has 2 heteroatoms. The van der Waals surface area contributed by atoms with Crippen LogP contribution in [0.3, 0.4) is 0 Å². The molecular weight excluding hydrogens is 607 g/mol. The van der Waals surface area contributed by atoms with Crippen LogP contribution in [0.5, 0.6) is 0 Å². The summed E-state index contributed by atoms with van der Waals surface area (Å²) in [6.07, 6.45) is 0. The van der Waals surface area contributed by atoms with Crippen molar-refractivity contribution in [3.05, 3.63) is 188 Å². The van der Waals surface area contributed by atoms with Crippen LogP contribution in [0, 0.1) is 0 Å². The van der Waals surface area contributed by atoms with Gasteiger partial charge in [-0.2, -0.15) is 0 Å². The Morgan fingerprint density at radius 2 is 0.880 bits per heavy atom. The lowest BCUT2D eigenvalue weighted by Crippen LogP contribution is -2.10. The lowest BCUT2D eigenvalue weighted by Gasteiger charge is -2.27. The Morgan fingerprint density at radius 1 is 0.320 bits per heavy atom. The van der Waals surface area contributed by atoms with Gasteiger partial charge in [0.05, 0.1) is 5.69 Å². The number of benzene rings is 9. The highest BCUT2D eigenvalue weighted by Gasteiger charge is 2.18. The van der Waals surface area contributed by atoms with Crippen LogP contribution in [-0.4, -0.2) is 0 Å². The summed E-state index contributed by atoms with van der Waals surface area (Å²) in [5.41, 5.74) is 9.88. The molecule has 10 rings (SSSR count). The van der Waals surface area contributed by atoms with Crippen LogP contribution >= 0.6 is 0 Å². The fourth-order valence-corrected chi connectivity index (χ4v) is 7.70. The zero-order valence-electron chi connectivity index (χ0n) is 27.3. The van der Waals surface area contributed by atoms with E-state index in [0.717, 1.165) is 44.6 Å². The smallest absolute Gasteiger partial charge is 0.136 e. The van der Waals surface area contributed by atoms with E-state index < -0.39 is 0 Å². The van der Waals surface area contributed by atoms with Gasteiger partial charge in [-0.15, -0.1) is 0 Å². The molecule has 0 saturated heterocycles. The molecule has 0 bridgehead atoms. The van der Waals surface area contributed by atoms with E-state index in [1.165, 1.54) is 49.0 Å². The van der Waals surface area contributed by atoms with Crippen LogP contribution in [0.1, 0.15) is 0 Å². The van der Waals surface area contributed by atoms with Gasteiger partial charge in [-0.05, 0) is 91.6 Å². The minimum atomic E-state index is 0.906. The molecule has 10 aromatic rings. The Labute approximate surface area is 290 Å². The van der Waals surface area contributed by atoms with Gasteiger partial charge in [0.1, 0.15) is 11.2 Å². The van der Waals surface area contributed by atoms with Crippen molar-refractivity contribution < 1.29 is 4.42 Å². The standard InChI is InChI=1S/C48H31NO/c1-2-10-32(11-3-1)33-20-25-36(26-21-33)49(45-17-8-16-40-42-29-24-34-12-4-5-13-38(34)41(42)30-31-43(40)45)37-27-22-35(23-28-37)39-15-9-19-47-48(39)44-14-6-7-18-46(44)50-47/h1-31H. The summed E-state index contributed by atoms with van der Waals surface area (Å²) < 4.78 is 6.22. The predicted molar refractivity (Wildman–Crippen MR) is 212 cm³/mol. The normalized spacial score (nSPS) is 11.6. The largest absolute Gasteiger partial charge is 0.456 e. The quantitative estimate of drug-likeness (QED) is 0.175. The van der Waals surface area contributed by atoms with Crippen molar-refractivity contribution in [1.82, 2.24) is 0 Å². The Balaban J connectivity index is 1.15. The topological polar surface area (TPSA) is 16.4 Å². The highest BCUT2D eigenvalue weighted by Crippen LogP contribution is 2.43. The van der Waals surface area contributed by atoms with Crippen LogP contribution in [-0.2, 0) is 0 Å². The van der Waals surface area contributed by atoms with Crippen molar-refractivity contribution in [2.75, 3.05) is 4.90 Å². The van der Waals surface area contributed by atoms with Crippen molar-refractivity contribution >= 4 is 71.3 Å². The second kappa shape index (κ2) is 11.5. The molecule has 0 amide bonds. The zero-order valence-corrected chi connectivity index (χ0v) is 27.3. The van der Waals surface area contributed by atoms with Crippen molar-refractivity contribution in [2.24, 2.45) is 0 Å². The zero-order chi connectivity index (χ0) is 33.0. The molecule has 9 aromatic carbocycles. The summed E-state index contributed by atoms with van der Waals surface area (Å²) in [4.78, 5) is 2.39. The monoisotopic (exact) mass is 637 g/mol. The molecule has 0 aliphatic heterocycles. The third-order valence-corrected chi connectivity index (χ3v) is 10.1. The average Bonchev–Trinajstić information content (AvgIpc) is 3.58. The first-order chi connectivity index (χ1) is 24.8. The van der Waals surface area contributed by atoms with Crippen LogP contribution in [0.15, 0.2) is 192 Å². The summed E-state index contributed by atoms with van der Waals surface area (Å²) in [6.45, 7) is 0. The molecule has 0 fully saturated rings. The average molecular weight is 638 g/mol. The van der Waals surface area contributed by atoms with E-state index in [9.17, 15) is 0 Å². The Bertz CT molecular complexity index is 2850. The summed E-state index contributed by atoms with van der Waals surface area (Å²) in [6, 6.07) is 67.5. The van der Waals surface area contributed by atoms with Crippen LogP contribution < -0.4 is 4.90 Å². The lowest BCUT2D eigenvalue weighted by molar-refractivity contribution is 0.669. The Hall–Kier alpha value is -6.64. The highest BCUT2D eigenvalue weighted by molar-refractivity contribution is 6.19. The molecule has 0 aliphatic carbocycles. The maximum absolute atomic E-state index is 6.22. The third kappa shape index (κ3) is 4.57. The van der Waals surface area contributed by atoms with Crippen molar-refractivity contribution in [2.45, 2.75) is 0 Å². The Morgan fingerprint density at radius 3 is 1.70 bits per heavy atom. The van der Waals surface area contributed by atoms with Crippen LogP contribution in [0.25, 0.3) is 76.5 Å². The summed E-state index contributed by atoms with van der Waals surface area (Å²) >= 11 is 0. The predicted octanol–water partition coefficient (Wildman–Crippen LogP) is 13.8. The van der Waals surface area contributed by atoms with Gasteiger partial charge in [0.15, 0.2) is 0 Å². The summed E-state index contributed by atoms with van der Waals surface area (Å²) in [5.74, 6) is 0. The van der Waals surface area contributed by atoms with Gasteiger partial charge < -0.3 is 9.32 Å². The minimum absolute atomic E-state index is 0.906. The second-order valence-corrected chi connectivity index (χ2v) is 12.9. The summed E-state index contributed by atoms with van der Waals surface area (Å²) in [7, 11) is 0. The fourth-order valence-electron chi connectivity index (χ4n) is 7.70. The van der Waals surface area contributed by atoms with Gasteiger partial charge in [0.25, 0.3) is 0 Å². The number of fused-ring (bicyclic) bond motifs is 8. The number of para-hydroxylation sites is 1. The Kier molecular flexibility index (Phi) is 6.53. The number of hydrogen-bond donors (Lipinski definition) is 0. The fraction of sp³-hybridized carbons (Fsp3) is 0. The minimum Gasteiger partial charge on any atom is -0.456 e. The first-order valence-corrected chi connectivity index (χ1v) is 17.1. The van der Waals surface area contributed by atoms with E-state index in [1.807, 2.05) is 12.1 Å². The molecule has 0 aliphatic rings. The molecule has 2 nitrogen and oxygen atoms in total. The van der Waals surface area contributed by atoms with Gasteiger partial charge in [0.2, 0.25) is 0 Å². The van der Waals surface area contributed by atoms with E-state index in [2.05, 4.69) is 181 Å². The van der Waals surface area contributed by atoms with E-state index in [0.29, 0.717) is 0 Å². The molecular formula is C48H31NO. The molecule has 0 N–H and O–H groups in total. The van der Waals surface area contributed by atoms with Gasteiger partial charge in [0, 0.05) is 27.5 Å². The summed E-state index contributed by atoms with van der Waals surface area (Å²) in [5, 5.41) is 9.81. The van der Waals surface area contributed by atoms with Crippen molar-refractivity contribution in [3.63, 3.8) is 0 Å². The van der Waals surface area contributed by atoms with Crippen LogP contribution in [0.4, 0.5) is 17.1 Å². The molecule has 234 valence electrons. The van der Waals surface area contributed by atoms with Crippen molar-refractivity contribution in [1.29, 1.82) is 0 Å². The second-order valence-electron chi connectivity index (χ2n) is 12.9. The lowest BCUT2D eigenvalue weighted by atomic mass is 9.95. The molecule has 0 saturated carbocycles. The molecule has 0 unspecified atom stereocenters. The van der Waals surface area contributed by atoms with Crippen molar-refractivity contribution in [3.8, 4) is 22.3 Å². The molecule has 0 spiro atoms. The molecule has 0 radical (unpaired) electrons. The molecule has 0 atom stereocenters. The first kappa shape index (κ1) is 28.4. The SMILES string of the molecule is c1ccc(-c2ccc(N(c3ccc(-c4cccc5oc6ccccc6c45)cc3)c3cccc4c3ccc3c5ccccc5ccc43)cc2)cc1. The van der Waals surface area contributed by atoms with Gasteiger partial charge >= 0.3 is 0 Å². The maximum atomic E-state index is 6.22. The van der Waals surface area contributed by atoms with E-state index in [4.69, 9.17) is 4.42 Å². The van der Waals surface area contributed by atoms with Gasteiger partial charge in [-0.1, -0.05) is 146 Å². The number of anilines is 3. The van der Waals surface area contributed by atoms with E-state index in [1.54, 1.807) is 0 Å². The maximum Gasteiger partial charge on any atom is 0.136 e. The van der Waals surface area contributed by atoms with Crippen LogP contribution in [0.2, 0.25) is 0 Å². The van der Waals surface area contributed by atoms with E-state index in [-0.39, 0.29) is 0 Å². The third-order valence-electron chi connectivity index (χ3n) is 10.1. The van der Waals surface area contributed by atoms with Gasteiger partial charge in [-0.25, -0.2) is 0 Å². The molecule has 1 heterocycles. The number of furan rings is 1. The first-order valence-electron chi connectivity index (χ1n) is 17.1. The number of nitrogens with zero attached hydrogens (tertiary/aromatic N) is 1. The van der Waals surface area contributed by atoms with E-state index >= 15 is 0 Å². The number of rotatable bonds is 5.